The molecule has 179 valence electrons. The molecule has 0 fully saturated rings. The van der Waals surface area contributed by atoms with Crippen LogP contribution in [0, 0.1) is 6.07 Å². The van der Waals surface area contributed by atoms with Crippen molar-refractivity contribution in [1.29, 1.82) is 0 Å². The normalized spacial score (nSPS) is 13.3. The number of fused-ring (bicyclic) bond motifs is 4. The van der Waals surface area contributed by atoms with Crippen molar-refractivity contribution in [2.75, 3.05) is 0 Å². The number of hydrogen-bond acceptors (Lipinski definition) is 4. The molecule has 0 atom stereocenters. The number of allylic oxidation sites excluding steroid dienone is 2. The van der Waals surface area contributed by atoms with Crippen molar-refractivity contribution in [3.05, 3.63) is 77.2 Å². The molecule has 4 nitrogen and oxygen atoms in total. The van der Waals surface area contributed by atoms with Crippen LogP contribution in [0.25, 0.3) is 33.2 Å². The van der Waals surface area contributed by atoms with Gasteiger partial charge in [0.15, 0.2) is 5.78 Å². The number of ketones is 1. The summed E-state index contributed by atoms with van der Waals surface area (Å²) in [7, 11) is 0. The fourth-order valence-corrected chi connectivity index (χ4v) is 4.40. The first-order valence-electron chi connectivity index (χ1n) is 11.6. The molecule has 2 aromatic carbocycles. The van der Waals surface area contributed by atoms with Gasteiger partial charge in [-0.25, -0.2) is 0 Å². The van der Waals surface area contributed by atoms with Crippen LogP contribution in [0.1, 0.15) is 63.1 Å². The second-order valence-electron chi connectivity index (χ2n) is 9.05. The summed E-state index contributed by atoms with van der Waals surface area (Å²) in [4.78, 5) is 14.7. The number of nitrogens with zero attached hydrogens (tertiary/aromatic N) is 1. The first-order valence-corrected chi connectivity index (χ1v) is 11.6. The fraction of sp³-hybridized carbons (Fsp3) is 0.310. The molecular weight excluding hydrogens is 603 g/mol. The number of aliphatic hydroxyl groups is 1. The number of rotatable bonds is 3. The third kappa shape index (κ3) is 5.65. The van der Waals surface area contributed by atoms with E-state index in [2.05, 4.69) is 55.2 Å². The summed E-state index contributed by atoms with van der Waals surface area (Å²) >= 11 is 0. The largest absolute Gasteiger partial charge is 0.512 e. The first kappa shape index (κ1) is 25.9. The molecule has 5 rings (SSSR count). The van der Waals surface area contributed by atoms with Gasteiger partial charge < -0.3 is 14.5 Å². The number of aliphatic hydroxyl groups excluding tert-OH is 1. The fourth-order valence-electron chi connectivity index (χ4n) is 4.40. The Morgan fingerprint density at radius 2 is 1.79 bits per heavy atom. The predicted molar refractivity (Wildman–Crippen MR) is 134 cm³/mol. The minimum absolute atomic E-state index is 0. The minimum Gasteiger partial charge on any atom is -0.512 e. The van der Waals surface area contributed by atoms with E-state index in [4.69, 9.17) is 9.52 Å². The van der Waals surface area contributed by atoms with E-state index in [0.717, 1.165) is 34.2 Å². The van der Waals surface area contributed by atoms with Crippen molar-refractivity contribution in [3.63, 3.8) is 0 Å². The maximum absolute atomic E-state index is 10.0. The second-order valence-corrected chi connectivity index (χ2v) is 9.05. The van der Waals surface area contributed by atoms with Crippen molar-refractivity contribution in [2.24, 2.45) is 0 Å². The van der Waals surface area contributed by atoms with Crippen LogP contribution in [-0.2, 0) is 37.7 Å². The SMILES string of the molecule is CC(=O)/C=C(/C)O.CC(C)c1cc[c-]c(-c2nccc3c2oc2cc4c(cc23)CCCC4)c1.[Ir]. The molecular formula is C29H30IrNO3-. The van der Waals surface area contributed by atoms with E-state index >= 15 is 0 Å². The second kappa shape index (κ2) is 11.1. The Hall–Kier alpha value is -2.75. The molecule has 4 aromatic rings. The molecule has 5 heteroatoms. The Morgan fingerprint density at radius 1 is 1.09 bits per heavy atom. The van der Waals surface area contributed by atoms with Crippen molar-refractivity contribution in [1.82, 2.24) is 4.98 Å². The molecule has 1 aliphatic carbocycles. The van der Waals surface area contributed by atoms with Gasteiger partial charge in [-0.05, 0) is 74.8 Å². The van der Waals surface area contributed by atoms with E-state index in [1.54, 1.807) is 0 Å². The van der Waals surface area contributed by atoms with E-state index in [-0.39, 0.29) is 31.6 Å². The molecule has 0 spiro atoms. The Morgan fingerprint density at radius 3 is 2.41 bits per heavy atom. The first-order chi connectivity index (χ1) is 15.8. The Kier molecular flexibility index (Phi) is 8.46. The number of carbonyl (C=O) groups excluding carboxylic acids is 1. The summed E-state index contributed by atoms with van der Waals surface area (Å²) in [6, 6.07) is 16.3. The number of benzene rings is 2. The average molecular weight is 633 g/mol. The summed E-state index contributed by atoms with van der Waals surface area (Å²) in [5, 5.41) is 10.7. The van der Waals surface area contributed by atoms with E-state index in [1.807, 2.05) is 12.3 Å². The zero-order chi connectivity index (χ0) is 23.5. The van der Waals surface area contributed by atoms with Gasteiger partial charge in [-0.15, -0.1) is 35.4 Å². The Bertz CT molecular complexity index is 1350. The van der Waals surface area contributed by atoms with Crippen LogP contribution in [0.15, 0.2) is 58.8 Å². The summed E-state index contributed by atoms with van der Waals surface area (Å²) in [5.74, 6) is 0.414. The standard InChI is InChI=1S/C24H22NO.C5H8O2.Ir/c1-15(2)16-8-5-9-19(12-16)23-24-20(10-11-25-23)21-13-17-6-3-4-7-18(17)14-22(21)26-24;1-4(6)3-5(2)7;/h5,8,10-15H,3-4,6-7H2,1-2H3;3,6H,1-2H3;/q-1;;/b;4-3-;. The zero-order valence-electron chi connectivity index (χ0n) is 20.1. The number of hydrogen-bond donors (Lipinski definition) is 1. The molecule has 0 bridgehead atoms. The smallest absolute Gasteiger partial charge is 0.155 e. The van der Waals surface area contributed by atoms with Gasteiger partial charge in [0.1, 0.15) is 11.2 Å². The molecule has 1 aliphatic rings. The summed E-state index contributed by atoms with van der Waals surface area (Å²) in [6.07, 6.45) is 7.97. The monoisotopic (exact) mass is 633 g/mol. The molecule has 0 saturated heterocycles. The molecule has 34 heavy (non-hydrogen) atoms. The topological polar surface area (TPSA) is 63.3 Å². The Balaban J connectivity index is 0.000000357. The molecule has 0 aliphatic heterocycles. The third-order valence-electron chi connectivity index (χ3n) is 6.01. The van der Waals surface area contributed by atoms with Crippen LogP contribution < -0.4 is 0 Å². The van der Waals surface area contributed by atoms with Crippen molar-refractivity contribution in [3.8, 4) is 11.3 Å². The number of carbonyl (C=O) groups is 1. The molecule has 2 aromatic heterocycles. The van der Waals surface area contributed by atoms with Crippen LogP contribution in [0.3, 0.4) is 0 Å². The van der Waals surface area contributed by atoms with Crippen molar-refractivity contribution >= 4 is 27.7 Å². The summed E-state index contributed by atoms with van der Waals surface area (Å²) < 4.78 is 6.32. The van der Waals surface area contributed by atoms with E-state index in [1.165, 1.54) is 61.3 Å². The van der Waals surface area contributed by atoms with Crippen LogP contribution in [0.2, 0.25) is 0 Å². The maximum Gasteiger partial charge on any atom is 0.155 e. The molecule has 0 amide bonds. The third-order valence-corrected chi connectivity index (χ3v) is 6.01. The molecule has 0 saturated carbocycles. The van der Waals surface area contributed by atoms with Gasteiger partial charge in [-0.2, -0.15) is 0 Å². The van der Waals surface area contributed by atoms with E-state index < -0.39 is 0 Å². The molecule has 1 radical (unpaired) electrons. The van der Waals surface area contributed by atoms with Crippen LogP contribution in [0.5, 0.6) is 0 Å². The maximum atomic E-state index is 10.0. The predicted octanol–water partition coefficient (Wildman–Crippen LogP) is 7.49. The van der Waals surface area contributed by atoms with Crippen LogP contribution in [0.4, 0.5) is 0 Å². The summed E-state index contributed by atoms with van der Waals surface area (Å²) in [6.45, 7) is 7.26. The van der Waals surface area contributed by atoms with Gasteiger partial charge in [0, 0.05) is 48.8 Å². The summed E-state index contributed by atoms with van der Waals surface area (Å²) in [5.41, 5.74) is 7.98. The molecule has 0 unspecified atom stereocenters. The zero-order valence-corrected chi connectivity index (χ0v) is 22.5. The van der Waals surface area contributed by atoms with Crippen molar-refractivity contribution in [2.45, 2.75) is 59.3 Å². The number of furan rings is 1. The van der Waals surface area contributed by atoms with Crippen LogP contribution >= 0.6 is 0 Å². The van der Waals surface area contributed by atoms with Gasteiger partial charge in [0.25, 0.3) is 0 Å². The quantitative estimate of drug-likeness (QED) is 0.145. The van der Waals surface area contributed by atoms with E-state index in [0.29, 0.717) is 5.92 Å². The van der Waals surface area contributed by atoms with Gasteiger partial charge in [0.2, 0.25) is 0 Å². The average Bonchev–Trinajstić information content (AvgIpc) is 3.14. The number of aromatic nitrogens is 1. The van der Waals surface area contributed by atoms with Crippen molar-refractivity contribution < 1.29 is 34.4 Å². The van der Waals surface area contributed by atoms with Gasteiger partial charge in [0.05, 0.1) is 5.76 Å². The molecule has 1 N–H and O–H groups in total. The van der Waals surface area contributed by atoms with Gasteiger partial charge >= 0.3 is 0 Å². The van der Waals surface area contributed by atoms with E-state index in [9.17, 15) is 4.79 Å². The number of aryl methyl sites for hydroxylation is 2. The van der Waals surface area contributed by atoms with Gasteiger partial charge in [-0.3, -0.25) is 4.79 Å². The van der Waals surface area contributed by atoms with Gasteiger partial charge in [-0.1, -0.05) is 13.8 Å². The Labute approximate surface area is 214 Å². The van der Waals surface area contributed by atoms with Crippen LogP contribution in [-0.4, -0.2) is 15.9 Å². The number of pyridine rings is 1. The minimum atomic E-state index is -0.125. The molecule has 2 heterocycles.